The first-order valence-corrected chi connectivity index (χ1v) is 5.13. The quantitative estimate of drug-likeness (QED) is 0.586. The van der Waals surface area contributed by atoms with Crippen molar-refractivity contribution in [2.45, 2.75) is 59.3 Å². The van der Waals surface area contributed by atoms with Gasteiger partial charge < -0.3 is 0 Å². The molecule has 0 radical (unpaired) electrons. The first-order valence-electron chi connectivity index (χ1n) is 5.13. The Morgan fingerprint density at radius 1 is 0.529 bits per heavy atom. The van der Waals surface area contributed by atoms with Crippen LogP contribution in [0, 0.1) is 10.8 Å². The molecule has 1 unspecified atom stereocenters. The Balaban J connectivity index is 6.04. The summed E-state index contributed by atoms with van der Waals surface area (Å²) in [6, 6.07) is 0. The number of hydrogen-bond acceptors (Lipinski definition) is 0. The maximum atomic E-state index is 14.2. The third-order valence-corrected chi connectivity index (χ3v) is 2.80. The van der Waals surface area contributed by atoms with Gasteiger partial charge in [-0.3, -0.25) is 0 Å². The summed E-state index contributed by atoms with van der Waals surface area (Å²) >= 11 is 0. The minimum absolute atomic E-state index is 0.820. The number of alkyl halides is 6. The van der Waals surface area contributed by atoms with Crippen LogP contribution in [0.5, 0.6) is 0 Å². The Morgan fingerprint density at radius 2 is 0.824 bits per heavy atom. The molecule has 0 saturated carbocycles. The molecule has 0 saturated heterocycles. The van der Waals surface area contributed by atoms with Crippen LogP contribution in [0.15, 0.2) is 0 Å². The van der Waals surface area contributed by atoms with Gasteiger partial charge in [0.25, 0.3) is 11.6 Å². The lowest BCUT2D eigenvalue weighted by Gasteiger charge is -2.48. The first-order chi connectivity index (χ1) is 7.00. The molecule has 0 fully saturated rings. The molecule has 0 nitrogen and oxygen atoms in total. The van der Waals surface area contributed by atoms with Gasteiger partial charge >= 0.3 is 6.18 Å². The average Bonchev–Trinajstić information content (AvgIpc) is 1.95. The Morgan fingerprint density at radius 3 is 0.882 bits per heavy atom. The molecule has 0 aliphatic carbocycles. The lowest BCUT2D eigenvalue weighted by Crippen LogP contribution is -2.67. The Labute approximate surface area is 97.4 Å². The highest BCUT2D eigenvalue weighted by Gasteiger charge is 2.78. The molecule has 0 N–H and O–H groups in total. The first kappa shape index (κ1) is 16.6. The van der Waals surface area contributed by atoms with Crippen molar-refractivity contribution in [1.82, 2.24) is 0 Å². The van der Waals surface area contributed by atoms with Crippen molar-refractivity contribution >= 4 is 0 Å². The smallest absolute Gasteiger partial charge is 0.226 e. The van der Waals surface area contributed by atoms with Crippen LogP contribution in [0.3, 0.4) is 0 Å². The zero-order valence-corrected chi connectivity index (χ0v) is 10.8. The highest BCUT2D eigenvalue weighted by Crippen LogP contribution is 2.60. The number of rotatable bonds is 1. The summed E-state index contributed by atoms with van der Waals surface area (Å²) in [5.41, 5.74) is -8.97. The van der Waals surface area contributed by atoms with E-state index in [-0.39, 0.29) is 0 Å². The maximum Gasteiger partial charge on any atom is 0.429 e. The van der Waals surface area contributed by atoms with Gasteiger partial charge in [0.2, 0.25) is 0 Å². The van der Waals surface area contributed by atoms with Crippen LogP contribution in [-0.4, -0.2) is 17.8 Å². The van der Waals surface area contributed by atoms with E-state index in [1.165, 1.54) is 0 Å². The molecule has 6 heteroatoms. The number of halogens is 6. The number of hydrogen-bond donors (Lipinski definition) is 0. The van der Waals surface area contributed by atoms with Gasteiger partial charge in [0.05, 0.1) is 0 Å². The SMILES string of the molecule is CC(C)(C)C(F)(F)C(F)(C(C)(C)C)C(F)(F)F. The molecule has 0 aromatic carbocycles. The van der Waals surface area contributed by atoms with Gasteiger partial charge in [0.15, 0.2) is 0 Å². The van der Waals surface area contributed by atoms with Crippen LogP contribution in [0.4, 0.5) is 26.3 Å². The standard InChI is InChI=1S/C11H18F6/c1-7(2,3)9(12,11(15,16)17)10(13,14)8(4,5)6/h1-6H3. The van der Waals surface area contributed by atoms with E-state index in [2.05, 4.69) is 0 Å². The fourth-order valence-corrected chi connectivity index (χ4v) is 1.59. The molecule has 0 aliphatic rings. The van der Waals surface area contributed by atoms with Crippen LogP contribution in [0.25, 0.3) is 0 Å². The lowest BCUT2D eigenvalue weighted by atomic mass is 9.66. The van der Waals surface area contributed by atoms with Gasteiger partial charge in [0.1, 0.15) is 0 Å². The van der Waals surface area contributed by atoms with Crippen molar-refractivity contribution in [3.05, 3.63) is 0 Å². The van der Waals surface area contributed by atoms with Crippen LogP contribution in [0.2, 0.25) is 0 Å². The third kappa shape index (κ3) is 2.27. The van der Waals surface area contributed by atoms with Crippen LogP contribution >= 0.6 is 0 Å². The second-order valence-electron chi connectivity index (χ2n) is 6.23. The molecule has 0 amide bonds. The zero-order valence-electron chi connectivity index (χ0n) is 10.8. The van der Waals surface area contributed by atoms with Crippen LogP contribution in [0.1, 0.15) is 41.5 Å². The van der Waals surface area contributed by atoms with Gasteiger partial charge in [-0.1, -0.05) is 41.5 Å². The van der Waals surface area contributed by atoms with Gasteiger partial charge in [-0.2, -0.15) is 13.2 Å². The Hall–Kier alpha value is -0.420. The van der Waals surface area contributed by atoms with E-state index in [4.69, 9.17) is 0 Å². The second-order valence-corrected chi connectivity index (χ2v) is 6.23. The summed E-state index contributed by atoms with van der Waals surface area (Å²) in [6.45, 7) is 5.12. The Kier molecular flexibility index (Phi) is 3.69. The minimum Gasteiger partial charge on any atom is -0.226 e. The molecule has 0 bridgehead atoms. The maximum absolute atomic E-state index is 14.2. The van der Waals surface area contributed by atoms with E-state index in [0.717, 1.165) is 41.5 Å². The third-order valence-electron chi connectivity index (χ3n) is 2.80. The van der Waals surface area contributed by atoms with E-state index in [1.807, 2.05) is 0 Å². The predicted molar refractivity (Wildman–Crippen MR) is 53.8 cm³/mol. The fourth-order valence-electron chi connectivity index (χ4n) is 1.59. The molecule has 0 aromatic heterocycles. The van der Waals surface area contributed by atoms with Crippen molar-refractivity contribution < 1.29 is 26.3 Å². The van der Waals surface area contributed by atoms with Gasteiger partial charge in [-0.25, -0.2) is 13.2 Å². The molecule has 104 valence electrons. The van der Waals surface area contributed by atoms with E-state index in [1.54, 1.807) is 0 Å². The van der Waals surface area contributed by atoms with Gasteiger partial charge in [-0.15, -0.1) is 0 Å². The molecule has 0 rings (SSSR count). The normalized spacial score (nSPS) is 19.1. The molecular formula is C11H18F6. The molecule has 0 aromatic rings. The Bertz CT molecular complexity index is 262. The van der Waals surface area contributed by atoms with Crippen LogP contribution < -0.4 is 0 Å². The topological polar surface area (TPSA) is 0 Å². The van der Waals surface area contributed by atoms with E-state index >= 15 is 0 Å². The largest absolute Gasteiger partial charge is 0.429 e. The summed E-state index contributed by atoms with van der Waals surface area (Å²) < 4.78 is 80.3. The summed E-state index contributed by atoms with van der Waals surface area (Å²) in [7, 11) is 0. The zero-order chi connectivity index (χ0) is 14.5. The summed E-state index contributed by atoms with van der Waals surface area (Å²) in [6.07, 6.45) is -5.64. The lowest BCUT2D eigenvalue weighted by molar-refractivity contribution is -0.355. The van der Waals surface area contributed by atoms with Crippen molar-refractivity contribution in [2.75, 3.05) is 0 Å². The molecule has 0 spiro atoms. The highest BCUT2D eigenvalue weighted by molar-refractivity contribution is 5.10. The molecule has 1 atom stereocenters. The molecule has 0 aliphatic heterocycles. The van der Waals surface area contributed by atoms with Crippen molar-refractivity contribution in [1.29, 1.82) is 0 Å². The summed E-state index contributed by atoms with van der Waals surface area (Å²) in [4.78, 5) is 0. The monoisotopic (exact) mass is 264 g/mol. The second kappa shape index (κ2) is 3.79. The summed E-state index contributed by atoms with van der Waals surface area (Å²) in [5.74, 6) is -4.53. The van der Waals surface area contributed by atoms with Crippen molar-refractivity contribution in [3.63, 3.8) is 0 Å². The van der Waals surface area contributed by atoms with E-state index in [0.29, 0.717) is 0 Å². The van der Waals surface area contributed by atoms with Crippen LogP contribution in [-0.2, 0) is 0 Å². The van der Waals surface area contributed by atoms with Gasteiger partial charge in [-0.05, 0) is 0 Å². The van der Waals surface area contributed by atoms with E-state index in [9.17, 15) is 26.3 Å². The molecular weight excluding hydrogens is 246 g/mol. The average molecular weight is 264 g/mol. The predicted octanol–water partition coefficient (Wildman–Crippen LogP) is 4.98. The van der Waals surface area contributed by atoms with E-state index < -0.39 is 28.6 Å². The highest BCUT2D eigenvalue weighted by atomic mass is 19.4. The molecule has 17 heavy (non-hydrogen) atoms. The van der Waals surface area contributed by atoms with Crippen molar-refractivity contribution in [3.8, 4) is 0 Å². The van der Waals surface area contributed by atoms with Crippen molar-refractivity contribution in [2.24, 2.45) is 10.8 Å². The summed E-state index contributed by atoms with van der Waals surface area (Å²) in [5, 5.41) is 0. The minimum atomic E-state index is -5.64. The fraction of sp³-hybridized carbons (Fsp3) is 1.00. The molecule has 0 heterocycles. The van der Waals surface area contributed by atoms with Gasteiger partial charge in [0, 0.05) is 10.8 Å².